The van der Waals surface area contributed by atoms with E-state index in [9.17, 15) is 32.3 Å². The molecule has 0 aliphatic rings. The van der Waals surface area contributed by atoms with Crippen LogP contribution in [-0.4, -0.2) is 69.4 Å². The first-order valence-corrected chi connectivity index (χ1v) is 9.42. The number of carbonyl (C=O) groups excluding carboxylic acids is 4. The number of nitrogens with one attached hydrogen (secondary N) is 2. The summed E-state index contributed by atoms with van der Waals surface area (Å²) >= 11 is 0. The van der Waals surface area contributed by atoms with Crippen LogP contribution < -0.4 is 20.1 Å². The highest BCUT2D eigenvalue weighted by molar-refractivity contribution is 5.95. The summed E-state index contributed by atoms with van der Waals surface area (Å²) in [7, 11) is 0. The van der Waals surface area contributed by atoms with E-state index in [1.165, 1.54) is 18.2 Å². The van der Waals surface area contributed by atoms with Crippen molar-refractivity contribution >= 4 is 23.8 Å². The van der Waals surface area contributed by atoms with Crippen molar-refractivity contribution in [2.24, 2.45) is 0 Å². The highest BCUT2D eigenvalue weighted by Gasteiger charge is 2.38. The van der Waals surface area contributed by atoms with Crippen LogP contribution in [0.1, 0.15) is 24.2 Å². The highest BCUT2D eigenvalue weighted by atomic mass is 19.4. The Morgan fingerprint density at radius 1 is 0.812 bits per heavy atom. The molecule has 0 atom stereocenters. The predicted molar refractivity (Wildman–Crippen MR) is 102 cm³/mol. The Hall–Kier alpha value is -3.51. The standard InChI is InChI=1S/C19H23F3N2O8/c1-3-29-15(25)10-31-13-7-12(8-14(9-13)32-11-16(26)30-4-2)17(27)23-5-6-24-18(28)19(20,21)22/h7-9H,3-6,10-11H2,1-2H3,(H,23,27)(H,24,28). The van der Waals surface area contributed by atoms with E-state index in [0.717, 1.165) is 0 Å². The molecule has 0 radical (unpaired) electrons. The lowest BCUT2D eigenvalue weighted by Gasteiger charge is -2.13. The molecule has 0 unspecified atom stereocenters. The number of rotatable bonds is 12. The largest absolute Gasteiger partial charge is 0.482 e. The van der Waals surface area contributed by atoms with Crippen LogP contribution in [0.5, 0.6) is 11.5 Å². The van der Waals surface area contributed by atoms with Gasteiger partial charge in [0.15, 0.2) is 13.2 Å². The summed E-state index contributed by atoms with van der Waals surface area (Å²) in [5.74, 6) is -4.09. The lowest BCUT2D eigenvalue weighted by molar-refractivity contribution is -0.173. The maximum Gasteiger partial charge on any atom is 0.471 e. The van der Waals surface area contributed by atoms with Gasteiger partial charge in [0, 0.05) is 24.7 Å². The number of hydrogen-bond acceptors (Lipinski definition) is 8. The third-order valence-electron chi connectivity index (χ3n) is 3.42. The molecular formula is C19H23F3N2O8. The summed E-state index contributed by atoms with van der Waals surface area (Å²) < 4.78 is 56.5. The number of hydrogen-bond donors (Lipinski definition) is 2. The minimum Gasteiger partial charge on any atom is -0.482 e. The molecule has 0 aliphatic carbocycles. The summed E-state index contributed by atoms with van der Waals surface area (Å²) in [5, 5.41) is 3.93. The fourth-order valence-electron chi connectivity index (χ4n) is 2.11. The summed E-state index contributed by atoms with van der Waals surface area (Å²) in [6.07, 6.45) is -5.03. The molecule has 0 bridgehead atoms. The second kappa shape index (κ2) is 13.0. The molecule has 32 heavy (non-hydrogen) atoms. The van der Waals surface area contributed by atoms with Gasteiger partial charge in [-0.1, -0.05) is 0 Å². The first kappa shape index (κ1) is 26.5. The van der Waals surface area contributed by atoms with E-state index in [1.54, 1.807) is 19.2 Å². The number of alkyl halides is 3. The molecule has 0 heterocycles. The molecule has 2 N–H and O–H groups in total. The Bertz CT molecular complexity index is 774. The maximum absolute atomic E-state index is 12.3. The molecule has 2 amide bonds. The van der Waals surface area contributed by atoms with Crippen molar-refractivity contribution < 1.29 is 51.3 Å². The van der Waals surface area contributed by atoms with E-state index in [-0.39, 0.29) is 36.8 Å². The smallest absolute Gasteiger partial charge is 0.471 e. The van der Waals surface area contributed by atoms with E-state index in [1.807, 2.05) is 0 Å². The van der Waals surface area contributed by atoms with Gasteiger partial charge in [-0.3, -0.25) is 9.59 Å². The zero-order chi connectivity index (χ0) is 24.1. The number of esters is 2. The SMILES string of the molecule is CCOC(=O)COc1cc(OCC(=O)OCC)cc(C(=O)NCCNC(=O)C(F)(F)F)c1. The van der Waals surface area contributed by atoms with Crippen LogP contribution in [0.4, 0.5) is 13.2 Å². The fraction of sp³-hybridized carbons (Fsp3) is 0.474. The molecule has 0 aliphatic heterocycles. The van der Waals surface area contributed by atoms with Crippen molar-refractivity contribution in [3.8, 4) is 11.5 Å². The van der Waals surface area contributed by atoms with Crippen LogP contribution in [0.15, 0.2) is 18.2 Å². The first-order chi connectivity index (χ1) is 15.1. The van der Waals surface area contributed by atoms with E-state index in [0.29, 0.717) is 0 Å². The molecule has 0 spiro atoms. The van der Waals surface area contributed by atoms with Gasteiger partial charge in [0.1, 0.15) is 11.5 Å². The van der Waals surface area contributed by atoms with Gasteiger partial charge in [0.2, 0.25) is 0 Å². The van der Waals surface area contributed by atoms with Gasteiger partial charge in [-0.25, -0.2) is 9.59 Å². The molecule has 0 saturated heterocycles. The van der Waals surface area contributed by atoms with Gasteiger partial charge in [-0.2, -0.15) is 13.2 Å². The second-order valence-corrected chi connectivity index (χ2v) is 5.89. The molecular weight excluding hydrogens is 441 g/mol. The van der Waals surface area contributed by atoms with Crippen LogP contribution in [0.25, 0.3) is 0 Å². The highest BCUT2D eigenvalue weighted by Crippen LogP contribution is 2.23. The third kappa shape index (κ3) is 10.00. The van der Waals surface area contributed by atoms with Gasteiger partial charge >= 0.3 is 24.0 Å². The molecule has 0 fully saturated rings. The topological polar surface area (TPSA) is 129 Å². The Labute approximate surface area is 181 Å². The lowest BCUT2D eigenvalue weighted by atomic mass is 10.2. The van der Waals surface area contributed by atoms with Crippen LogP contribution in [-0.2, 0) is 23.9 Å². The normalized spacial score (nSPS) is 10.7. The van der Waals surface area contributed by atoms with Crippen molar-refractivity contribution in [1.82, 2.24) is 10.6 Å². The third-order valence-corrected chi connectivity index (χ3v) is 3.42. The summed E-state index contributed by atoms with van der Waals surface area (Å²) in [6, 6.07) is 3.82. The molecule has 13 heteroatoms. The van der Waals surface area contributed by atoms with Crippen molar-refractivity contribution in [1.29, 1.82) is 0 Å². The lowest BCUT2D eigenvalue weighted by Crippen LogP contribution is -2.41. The predicted octanol–water partition coefficient (Wildman–Crippen LogP) is 0.979. The maximum atomic E-state index is 12.3. The van der Waals surface area contributed by atoms with Crippen molar-refractivity contribution in [2.45, 2.75) is 20.0 Å². The van der Waals surface area contributed by atoms with Crippen LogP contribution >= 0.6 is 0 Å². The average molecular weight is 464 g/mol. The molecule has 10 nitrogen and oxygen atoms in total. The quantitative estimate of drug-likeness (QED) is 0.346. The summed E-state index contributed by atoms with van der Waals surface area (Å²) in [5.41, 5.74) is -0.0348. The summed E-state index contributed by atoms with van der Waals surface area (Å²) in [6.45, 7) is 1.83. The summed E-state index contributed by atoms with van der Waals surface area (Å²) in [4.78, 5) is 46.0. The average Bonchev–Trinajstić information content (AvgIpc) is 2.73. The van der Waals surface area contributed by atoms with Crippen molar-refractivity contribution in [3.63, 3.8) is 0 Å². The molecule has 1 aromatic rings. The Kier molecular flexibility index (Phi) is 10.8. The monoisotopic (exact) mass is 464 g/mol. The van der Waals surface area contributed by atoms with Crippen LogP contribution in [0, 0.1) is 0 Å². The van der Waals surface area contributed by atoms with E-state index < -0.39 is 49.7 Å². The van der Waals surface area contributed by atoms with Gasteiger partial charge in [0.05, 0.1) is 13.2 Å². The van der Waals surface area contributed by atoms with E-state index >= 15 is 0 Å². The number of amides is 2. The van der Waals surface area contributed by atoms with Crippen molar-refractivity contribution in [3.05, 3.63) is 23.8 Å². The first-order valence-electron chi connectivity index (χ1n) is 9.42. The minimum absolute atomic E-state index is 0.0348. The number of carbonyl (C=O) groups is 4. The Morgan fingerprint density at radius 3 is 1.72 bits per heavy atom. The zero-order valence-corrected chi connectivity index (χ0v) is 17.4. The van der Waals surface area contributed by atoms with Crippen LogP contribution in [0.3, 0.4) is 0 Å². The Balaban J connectivity index is 2.82. The zero-order valence-electron chi connectivity index (χ0n) is 17.4. The van der Waals surface area contributed by atoms with Gasteiger partial charge in [-0.05, 0) is 26.0 Å². The van der Waals surface area contributed by atoms with Gasteiger partial charge < -0.3 is 29.6 Å². The van der Waals surface area contributed by atoms with E-state index in [2.05, 4.69) is 5.32 Å². The van der Waals surface area contributed by atoms with E-state index in [4.69, 9.17) is 18.9 Å². The number of benzene rings is 1. The van der Waals surface area contributed by atoms with Crippen molar-refractivity contribution in [2.75, 3.05) is 39.5 Å². The molecule has 1 rings (SSSR count). The molecule has 178 valence electrons. The fourth-order valence-corrected chi connectivity index (χ4v) is 2.11. The molecule has 0 aromatic heterocycles. The number of ether oxygens (including phenoxy) is 4. The van der Waals surface area contributed by atoms with Gasteiger partial charge in [0.25, 0.3) is 5.91 Å². The minimum atomic E-state index is -5.03. The molecule has 1 aromatic carbocycles. The molecule has 0 saturated carbocycles. The van der Waals surface area contributed by atoms with Crippen LogP contribution in [0.2, 0.25) is 0 Å². The second-order valence-electron chi connectivity index (χ2n) is 5.89. The Morgan fingerprint density at radius 2 is 1.28 bits per heavy atom. The number of halogens is 3. The van der Waals surface area contributed by atoms with Gasteiger partial charge in [-0.15, -0.1) is 0 Å².